The summed E-state index contributed by atoms with van der Waals surface area (Å²) in [6.07, 6.45) is -0.200. The highest BCUT2D eigenvalue weighted by atomic mass is 19.4. The standard InChI is InChI=1S/C21H19F3N2O4/c1-30-11-4-2-10(3-5-11)25(20(29)21(22,23)24)9-26-18(27)16-12-6-7-13(15-8-14(12)15)17(16)19(26)28/h2-7,12-17H,8-9H2,1H3/t12-,13-,14-,15+,16-,17+/m1/s1. The number of rotatable bonds is 4. The Morgan fingerprint density at radius 2 is 1.60 bits per heavy atom. The SMILES string of the molecule is COc1ccc(N(CN2C(=O)[C@@H]3[C@@H]4C=C[C@H]([C@@H]5C[C@H]45)[C@@H]3C2=O)C(=O)C(F)(F)F)cc1. The van der Waals surface area contributed by atoms with E-state index in [1.807, 2.05) is 12.2 Å². The fourth-order valence-corrected chi connectivity index (χ4v) is 5.48. The number of ether oxygens (including phenoxy) is 1. The monoisotopic (exact) mass is 420 g/mol. The van der Waals surface area contributed by atoms with E-state index in [4.69, 9.17) is 4.74 Å². The molecular formula is C21H19F3N2O4. The molecule has 1 aromatic rings. The molecule has 0 radical (unpaired) electrons. The Balaban J connectivity index is 1.45. The Kier molecular flexibility index (Phi) is 4.04. The first-order valence-electron chi connectivity index (χ1n) is 9.78. The van der Waals surface area contributed by atoms with Gasteiger partial charge in [-0.15, -0.1) is 0 Å². The molecule has 6 nitrogen and oxygen atoms in total. The average Bonchev–Trinajstić information content (AvgIpc) is 3.51. The van der Waals surface area contributed by atoms with Crippen LogP contribution in [-0.2, 0) is 14.4 Å². The second-order valence-electron chi connectivity index (χ2n) is 8.33. The number of alkyl halides is 3. The number of carbonyl (C=O) groups is 3. The van der Waals surface area contributed by atoms with Crippen molar-refractivity contribution in [2.75, 3.05) is 18.7 Å². The highest BCUT2D eigenvalue weighted by molar-refractivity contribution is 6.07. The Bertz CT molecular complexity index is 922. The Morgan fingerprint density at radius 1 is 1.07 bits per heavy atom. The molecule has 6 atom stereocenters. The largest absolute Gasteiger partial charge is 0.497 e. The summed E-state index contributed by atoms with van der Waals surface area (Å²) in [5.74, 6) is -3.08. The van der Waals surface area contributed by atoms with E-state index >= 15 is 0 Å². The molecule has 0 spiro atoms. The predicted octanol–water partition coefficient (Wildman–Crippen LogP) is 2.60. The fraction of sp³-hybridized carbons (Fsp3) is 0.476. The van der Waals surface area contributed by atoms with Crippen LogP contribution in [0.2, 0.25) is 0 Å². The molecule has 6 rings (SSSR count). The van der Waals surface area contributed by atoms with Gasteiger partial charge in [0, 0.05) is 5.69 Å². The van der Waals surface area contributed by atoms with Gasteiger partial charge in [-0.1, -0.05) is 12.2 Å². The van der Waals surface area contributed by atoms with Gasteiger partial charge in [-0.25, -0.2) is 0 Å². The van der Waals surface area contributed by atoms with Crippen molar-refractivity contribution in [2.45, 2.75) is 12.6 Å². The number of anilines is 1. The first-order valence-corrected chi connectivity index (χ1v) is 9.78. The number of benzene rings is 1. The van der Waals surface area contributed by atoms with E-state index in [-0.39, 0.29) is 17.5 Å². The minimum Gasteiger partial charge on any atom is -0.497 e. The van der Waals surface area contributed by atoms with Crippen molar-refractivity contribution in [3.8, 4) is 5.75 Å². The van der Waals surface area contributed by atoms with Crippen LogP contribution in [-0.4, -0.2) is 42.6 Å². The summed E-state index contributed by atoms with van der Waals surface area (Å²) >= 11 is 0. The lowest BCUT2D eigenvalue weighted by Crippen LogP contribution is -2.49. The van der Waals surface area contributed by atoms with Crippen molar-refractivity contribution in [1.29, 1.82) is 0 Å². The molecule has 3 amide bonds. The summed E-state index contributed by atoms with van der Waals surface area (Å²) in [5.41, 5.74) is -0.0717. The first-order chi connectivity index (χ1) is 14.2. The van der Waals surface area contributed by atoms with E-state index in [9.17, 15) is 27.6 Å². The number of amides is 3. The zero-order valence-corrected chi connectivity index (χ0v) is 16.0. The molecule has 1 aliphatic heterocycles. The second kappa shape index (κ2) is 6.33. The summed E-state index contributed by atoms with van der Waals surface area (Å²) < 4.78 is 44.8. The van der Waals surface area contributed by atoms with Crippen LogP contribution in [0.25, 0.3) is 0 Å². The Hall–Kier alpha value is -2.84. The lowest BCUT2D eigenvalue weighted by atomic mass is 9.63. The summed E-state index contributed by atoms with van der Waals surface area (Å²) in [6, 6.07) is 5.41. The van der Waals surface area contributed by atoms with Gasteiger partial charge in [-0.3, -0.25) is 24.2 Å². The summed E-state index contributed by atoms with van der Waals surface area (Å²) in [7, 11) is 1.41. The van der Waals surface area contributed by atoms with Crippen molar-refractivity contribution < 1.29 is 32.3 Å². The zero-order valence-electron chi connectivity index (χ0n) is 16.0. The van der Waals surface area contributed by atoms with Crippen LogP contribution in [0.5, 0.6) is 5.75 Å². The van der Waals surface area contributed by atoms with Crippen LogP contribution in [0.3, 0.4) is 0 Å². The number of likely N-dealkylation sites (tertiary alicyclic amines) is 1. The molecule has 2 saturated carbocycles. The topological polar surface area (TPSA) is 66.9 Å². The van der Waals surface area contributed by atoms with Crippen molar-refractivity contribution in [3.05, 3.63) is 36.4 Å². The number of methoxy groups -OCH3 is 1. The van der Waals surface area contributed by atoms with Crippen LogP contribution in [0.4, 0.5) is 18.9 Å². The lowest BCUT2D eigenvalue weighted by molar-refractivity contribution is -0.171. The van der Waals surface area contributed by atoms with E-state index < -0.39 is 42.4 Å². The van der Waals surface area contributed by atoms with Crippen molar-refractivity contribution in [3.63, 3.8) is 0 Å². The molecule has 2 bridgehead atoms. The van der Waals surface area contributed by atoms with Crippen molar-refractivity contribution >= 4 is 23.4 Å². The van der Waals surface area contributed by atoms with Gasteiger partial charge in [0.25, 0.3) is 0 Å². The minimum atomic E-state index is -5.15. The van der Waals surface area contributed by atoms with Gasteiger partial charge in [0.1, 0.15) is 12.4 Å². The van der Waals surface area contributed by atoms with Gasteiger partial charge in [0.2, 0.25) is 11.8 Å². The molecule has 1 heterocycles. The third-order valence-electron chi connectivity index (χ3n) is 6.91. The van der Waals surface area contributed by atoms with Crippen LogP contribution < -0.4 is 9.64 Å². The maximum Gasteiger partial charge on any atom is 0.471 e. The van der Waals surface area contributed by atoms with Crippen molar-refractivity contribution in [1.82, 2.24) is 4.90 Å². The van der Waals surface area contributed by atoms with E-state index in [2.05, 4.69) is 0 Å². The Labute approximate surface area is 170 Å². The smallest absolute Gasteiger partial charge is 0.471 e. The molecule has 0 aromatic heterocycles. The summed E-state index contributed by atoms with van der Waals surface area (Å²) in [6.45, 7) is -0.760. The molecule has 4 aliphatic carbocycles. The van der Waals surface area contributed by atoms with Crippen LogP contribution in [0.15, 0.2) is 36.4 Å². The maximum absolute atomic E-state index is 13.3. The molecule has 1 saturated heterocycles. The van der Waals surface area contributed by atoms with Gasteiger partial charge in [0.15, 0.2) is 0 Å². The van der Waals surface area contributed by atoms with Gasteiger partial charge < -0.3 is 4.74 Å². The van der Waals surface area contributed by atoms with Crippen molar-refractivity contribution in [2.24, 2.45) is 35.5 Å². The van der Waals surface area contributed by atoms with E-state index in [0.717, 1.165) is 11.3 Å². The van der Waals surface area contributed by atoms with Gasteiger partial charge in [-0.05, 0) is 54.4 Å². The van der Waals surface area contributed by atoms with Crippen LogP contribution in [0, 0.1) is 35.5 Å². The van der Waals surface area contributed by atoms with Gasteiger partial charge >= 0.3 is 12.1 Å². The van der Waals surface area contributed by atoms with Crippen LogP contribution >= 0.6 is 0 Å². The van der Waals surface area contributed by atoms with E-state index in [1.54, 1.807) is 0 Å². The normalized spacial score (nSPS) is 33.4. The first kappa shape index (κ1) is 19.1. The second-order valence-corrected chi connectivity index (χ2v) is 8.33. The number of halogens is 3. The third-order valence-corrected chi connectivity index (χ3v) is 6.91. The Morgan fingerprint density at radius 3 is 2.07 bits per heavy atom. The average molecular weight is 420 g/mol. The number of hydrogen-bond acceptors (Lipinski definition) is 4. The zero-order chi connectivity index (χ0) is 21.4. The van der Waals surface area contributed by atoms with Gasteiger partial charge in [0.05, 0.1) is 18.9 Å². The van der Waals surface area contributed by atoms with Crippen LogP contribution in [0.1, 0.15) is 6.42 Å². The predicted molar refractivity (Wildman–Crippen MR) is 98.0 cm³/mol. The molecule has 3 fully saturated rings. The number of carbonyl (C=O) groups excluding carboxylic acids is 3. The number of imide groups is 1. The molecule has 1 aromatic carbocycles. The highest BCUT2D eigenvalue weighted by Crippen LogP contribution is 2.65. The summed E-state index contributed by atoms with van der Waals surface area (Å²) in [4.78, 5) is 39.6. The van der Waals surface area contributed by atoms with E-state index in [0.29, 0.717) is 22.5 Å². The van der Waals surface area contributed by atoms with Gasteiger partial charge in [-0.2, -0.15) is 13.2 Å². The number of nitrogens with zero attached hydrogens (tertiary/aromatic N) is 2. The lowest BCUT2D eigenvalue weighted by Gasteiger charge is -2.37. The van der Waals surface area contributed by atoms with E-state index in [1.165, 1.54) is 31.4 Å². The molecular weight excluding hydrogens is 401 g/mol. The maximum atomic E-state index is 13.3. The summed E-state index contributed by atoms with van der Waals surface area (Å²) in [5, 5.41) is 0. The number of allylic oxidation sites excluding steroid dienone is 2. The third kappa shape index (κ3) is 2.67. The molecule has 5 aliphatic rings. The molecule has 158 valence electrons. The molecule has 0 unspecified atom stereocenters. The fourth-order valence-electron chi connectivity index (χ4n) is 5.48. The molecule has 0 N–H and O–H groups in total. The molecule has 9 heteroatoms. The highest BCUT2D eigenvalue weighted by Gasteiger charge is 2.67. The minimum absolute atomic E-state index is 0.0424. The molecule has 30 heavy (non-hydrogen) atoms. The number of hydrogen-bond donors (Lipinski definition) is 0. The quantitative estimate of drug-likeness (QED) is 0.555.